The second-order valence-corrected chi connectivity index (χ2v) is 2.94. The zero-order chi connectivity index (χ0) is 8.65. The summed E-state index contributed by atoms with van der Waals surface area (Å²) in [5.74, 6) is 0.881. The number of rotatable bonds is 6. The van der Waals surface area contributed by atoms with Gasteiger partial charge in [0.15, 0.2) is 5.88 Å². The number of unbranched alkanes of at least 4 members (excludes halogenated alkanes) is 3. The van der Waals surface area contributed by atoms with Gasteiger partial charge in [0, 0.05) is 6.20 Å². The molecule has 68 valence electrons. The summed E-state index contributed by atoms with van der Waals surface area (Å²) in [6.45, 7) is 3.05. The zero-order valence-electron chi connectivity index (χ0n) is 7.68. The molecule has 2 heteroatoms. The van der Waals surface area contributed by atoms with Gasteiger partial charge in [0.05, 0.1) is 6.61 Å². The Morgan fingerprint density at radius 1 is 1.33 bits per heavy atom. The van der Waals surface area contributed by atoms with Crippen LogP contribution in [0.1, 0.15) is 32.6 Å². The van der Waals surface area contributed by atoms with E-state index in [4.69, 9.17) is 4.74 Å². The molecule has 1 aromatic heterocycles. The van der Waals surface area contributed by atoms with Gasteiger partial charge in [-0.05, 0) is 18.6 Å². The number of hydrogen-bond donors (Lipinski definition) is 1. The third-order valence-corrected chi connectivity index (χ3v) is 1.82. The molecule has 1 aromatic rings. The molecule has 0 amide bonds. The van der Waals surface area contributed by atoms with Gasteiger partial charge >= 0.3 is 0 Å². The second kappa shape index (κ2) is 5.70. The maximum Gasteiger partial charge on any atom is 0.190 e. The van der Waals surface area contributed by atoms with Crippen molar-refractivity contribution in [1.29, 1.82) is 0 Å². The minimum Gasteiger partial charge on any atom is -0.479 e. The summed E-state index contributed by atoms with van der Waals surface area (Å²) in [7, 11) is 0. The Labute approximate surface area is 73.9 Å². The van der Waals surface area contributed by atoms with Gasteiger partial charge in [-0.15, -0.1) is 0 Å². The van der Waals surface area contributed by atoms with E-state index >= 15 is 0 Å². The van der Waals surface area contributed by atoms with E-state index < -0.39 is 0 Å². The molecule has 0 fully saturated rings. The lowest BCUT2D eigenvalue weighted by atomic mass is 10.2. The molecule has 0 atom stereocenters. The molecular formula is C10H17NO. The highest BCUT2D eigenvalue weighted by Crippen LogP contribution is 2.06. The highest BCUT2D eigenvalue weighted by atomic mass is 16.5. The first-order valence-electron chi connectivity index (χ1n) is 4.69. The van der Waals surface area contributed by atoms with Gasteiger partial charge in [0.1, 0.15) is 0 Å². The first-order valence-corrected chi connectivity index (χ1v) is 4.69. The van der Waals surface area contributed by atoms with E-state index in [1.54, 1.807) is 0 Å². The molecule has 1 rings (SSSR count). The van der Waals surface area contributed by atoms with Crippen LogP contribution in [0.2, 0.25) is 0 Å². The molecule has 1 N–H and O–H groups in total. The van der Waals surface area contributed by atoms with Crippen molar-refractivity contribution in [3.05, 3.63) is 18.3 Å². The summed E-state index contributed by atoms with van der Waals surface area (Å²) in [5.41, 5.74) is 0. The second-order valence-electron chi connectivity index (χ2n) is 2.94. The standard InChI is InChI=1S/C10H17NO/c1-2-3-4-5-9-12-10-7-6-8-11-10/h6-8,11H,2-5,9H2,1H3. The van der Waals surface area contributed by atoms with Crippen LogP contribution in [0.3, 0.4) is 0 Å². The van der Waals surface area contributed by atoms with Crippen molar-refractivity contribution < 1.29 is 4.74 Å². The van der Waals surface area contributed by atoms with Crippen LogP contribution in [0, 0.1) is 0 Å². The summed E-state index contributed by atoms with van der Waals surface area (Å²) in [6.07, 6.45) is 6.90. The van der Waals surface area contributed by atoms with Gasteiger partial charge in [0.25, 0.3) is 0 Å². The molecule has 12 heavy (non-hydrogen) atoms. The molecule has 1 heterocycles. The van der Waals surface area contributed by atoms with Crippen LogP contribution in [-0.4, -0.2) is 11.6 Å². The van der Waals surface area contributed by atoms with E-state index in [-0.39, 0.29) is 0 Å². The van der Waals surface area contributed by atoms with Gasteiger partial charge in [-0.2, -0.15) is 0 Å². The van der Waals surface area contributed by atoms with Gasteiger partial charge in [-0.1, -0.05) is 26.2 Å². The molecular weight excluding hydrogens is 150 g/mol. The van der Waals surface area contributed by atoms with E-state index in [0.29, 0.717) is 0 Å². The fourth-order valence-corrected chi connectivity index (χ4v) is 1.11. The molecule has 0 aliphatic heterocycles. The van der Waals surface area contributed by atoms with E-state index in [0.717, 1.165) is 18.9 Å². The fraction of sp³-hybridized carbons (Fsp3) is 0.600. The van der Waals surface area contributed by atoms with Crippen LogP contribution < -0.4 is 4.74 Å². The first-order chi connectivity index (χ1) is 5.93. The van der Waals surface area contributed by atoms with Crippen molar-refractivity contribution in [2.75, 3.05) is 6.61 Å². The Morgan fingerprint density at radius 3 is 2.92 bits per heavy atom. The summed E-state index contributed by atoms with van der Waals surface area (Å²) >= 11 is 0. The minimum atomic E-state index is 0.834. The van der Waals surface area contributed by atoms with Crippen LogP contribution in [0.4, 0.5) is 0 Å². The van der Waals surface area contributed by atoms with E-state index in [2.05, 4.69) is 11.9 Å². The van der Waals surface area contributed by atoms with E-state index in [1.165, 1.54) is 19.3 Å². The fourth-order valence-electron chi connectivity index (χ4n) is 1.11. The molecule has 0 spiro atoms. The largest absolute Gasteiger partial charge is 0.479 e. The molecule has 0 aliphatic rings. The monoisotopic (exact) mass is 167 g/mol. The molecule has 2 nitrogen and oxygen atoms in total. The summed E-state index contributed by atoms with van der Waals surface area (Å²) in [6, 6.07) is 3.89. The van der Waals surface area contributed by atoms with Crippen molar-refractivity contribution in [2.45, 2.75) is 32.6 Å². The average Bonchev–Trinajstić information content (AvgIpc) is 2.57. The number of hydrogen-bond acceptors (Lipinski definition) is 1. The highest BCUT2D eigenvalue weighted by molar-refractivity contribution is 5.09. The van der Waals surface area contributed by atoms with Crippen molar-refractivity contribution in [2.24, 2.45) is 0 Å². The first kappa shape index (κ1) is 9.17. The van der Waals surface area contributed by atoms with Crippen molar-refractivity contribution >= 4 is 0 Å². The lowest BCUT2D eigenvalue weighted by Crippen LogP contribution is -1.96. The molecule has 0 radical (unpaired) electrons. The third-order valence-electron chi connectivity index (χ3n) is 1.82. The van der Waals surface area contributed by atoms with Crippen LogP contribution in [0.25, 0.3) is 0 Å². The van der Waals surface area contributed by atoms with Crippen LogP contribution >= 0.6 is 0 Å². The van der Waals surface area contributed by atoms with Crippen LogP contribution in [0.15, 0.2) is 18.3 Å². The Hall–Kier alpha value is -0.920. The Bertz CT molecular complexity index is 182. The van der Waals surface area contributed by atoms with Crippen LogP contribution in [-0.2, 0) is 0 Å². The zero-order valence-corrected chi connectivity index (χ0v) is 7.68. The SMILES string of the molecule is CCCCCCOc1ccc[nH]1. The van der Waals surface area contributed by atoms with Gasteiger partial charge < -0.3 is 9.72 Å². The average molecular weight is 167 g/mol. The number of ether oxygens (including phenoxy) is 1. The van der Waals surface area contributed by atoms with E-state index in [1.807, 2.05) is 18.3 Å². The lowest BCUT2D eigenvalue weighted by Gasteiger charge is -2.02. The van der Waals surface area contributed by atoms with Crippen molar-refractivity contribution in [3.63, 3.8) is 0 Å². The lowest BCUT2D eigenvalue weighted by molar-refractivity contribution is 0.295. The third kappa shape index (κ3) is 3.46. The maximum absolute atomic E-state index is 5.44. The van der Waals surface area contributed by atoms with Gasteiger partial charge in [-0.3, -0.25) is 0 Å². The van der Waals surface area contributed by atoms with Crippen molar-refractivity contribution in [3.8, 4) is 5.88 Å². The Kier molecular flexibility index (Phi) is 4.35. The molecule has 0 aromatic carbocycles. The predicted molar refractivity (Wildman–Crippen MR) is 50.4 cm³/mol. The summed E-state index contributed by atoms with van der Waals surface area (Å²) in [4.78, 5) is 3.01. The predicted octanol–water partition coefficient (Wildman–Crippen LogP) is 2.97. The molecule has 0 saturated carbocycles. The molecule has 0 saturated heterocycles. The maximum atomic E-state index is 5.44. The quantitative estimate of drug-likeness (QED) is 0.647. The van der Waals surface area contributed by atoms with E-state index in [9.17, 15) is 0 Å². The number of H-pyrrole nitrogens is 1. The van der Waals surface area contributed by atoms with Crippen LogP contribution in [0.5, 0.6) is 5.88 Å². The van der Waals surface area contributed by atoms with Gasteiger partial charge in [-0.25, -0.2) is 0 Å². The Balaban J connectivity index is 1.96. The summed E-state index contributed by atoms with van der Waals surface area (Å²) in [5, 5.41) is 0. The molecule has 0 unspecified atom stereocenters. The normalized spacial score (nSPS) is 10.1. The Morgan fingerprint density at radius 2 is 2.25 bits per heavy atom. The number of aromatic nitrogens is 1. The number of aromatic amines is 1. The smallest absolute Gasteiger partial charge is 0.190 e. The topological polar surface area (TPSA) is 25.0 Å². The molecule has 0 aliphatic carbocycles. The van der Waals surface area contributed by atoms with Crippen molar-refractivity contribution in [1.82, 2.24) is 4.98 Å². The number of nitrogens with one attached hydrogen (secondary N) is 1. The van der Waals surface area contributed by atoms with Gasteiger partial charge in [0.2, 0.25) is 0 Å². The molecule has 0 bridgehead atoms. The minimum absolute atomic E-state index is 0.834. The summed E-state index contributed by atoms with van der Waals surface area (Å²) < 4.78 is 5.44. The highest BCUT2D eigenvalue weighted by Gasteiger charge is 1.91.